The standard InChI is InChI=1S/C13H15ClN4O3/c1-18-11(19)5-10(13(18)20)16-6-8-3-2-7(4-9(8)14)12(15)17-21/h2-4,10,16,21H,5-6H2,1H3,(H2,15,17). The molecule has 1 fully saturated rings. The number of nitrogens with two attached hydrogens (primary N) is 1. The van der Waals surface area contributed by atoms with Crippen molar-refractivity contribution in [3.63, 3.8) is 0 Å². The van der Waals surface area contributed by atoms with Crippen LogP contribution >= 0.6 is 11.6 Å². The molecule has 1 unspecified atom stereocenters. The van der Waals surface area contributed by atoms with Crippen LogP contribution in [-0.2, 0) is 16.1 Å². The number of likely N-dealkylation sites (N-methyl/N-ethyl adjacent to an activating group) is 1. The van der Waals surface area contributed by atoms with Crippen molar-refractivity contribution in [3.05, 3.63) is 34.3 Å². The summed E-state index contributed by atoms with van der Waals surface area (Å²) in [5.41, 5.74) is 6.72. The summed E-state index contributed by atoms with van der Waals surface area (Å²) in [7, 11) is 1.46. The predicted octanol–water partition coefficient (Wildman–Crippen LogP) is 0.281. The van der Waals surface area contributed by atoms with E-state index in [0.717, 1.165) is 10.5 Å². The second-order valence-corrected chi connectivity index (χ2v) is 5.13. The third-order valence-corrected chi connectivity index (χ3v) is 3.73. The Kier molecular flexibility index (Phi) is 4.44. The molecule has 0 radical (unpaired) electrons. The van der Waals surface area contributed by atoms with Crippen molar-refractivity contribution in [1.29, 1.82) is 0 Å². The second kappa shape index (κ2) is 6.11. The summed E-state index contributed by atoms with van der Waals surface area (Å²) in [4.78, 5) is 24.3. The Morgan fingerprint density at radius 2 is 2.29 bits per heavy atom. The number of benzene rings is 1. The van der Waals surface area contributed by atoms with Crippen molar-refractivity contribution in [2.75, 3.05) is 7.05 Å². The maximum Gasteiger partial charge on any atom is 0.246 e. The lowest BCUT2D eigenvalue weighted by Crippen LogP contribution is -2.36. The molecule has 0 bridgehead atoms. The first kappa shape index (κ1) is 15.3. The average molecular weight is 311 g/mol. The molecule has 112 valence electrons. The molecule has 7 nitrogen and oxygen atoms in total. The van der Waals surface area contributed by atoms with Gasteiger partial charge in [0.05, 0.1) is 12.5 Å². The van der Waals surface area contributed by atoms with Crippen LogP contribution < -0.4 is 11.1 Å². The Labute approximate surface area is 126 Å². The van der Waals surface area contributed by atoms with Gasteiger partial charge < -0.3 is 16.3 Å². The minimum absolute atomic E-state index is 0.0328. The maximum atomic E-state index is 11.8. The van der Waals surface area contributed by atoms with Gasteiger partial charge in [0.2, 0.25) is 11.8 Å². The fourth-order valence-corrected chi connectivity index (χ4v) is 2.30. The summed E-state index contributed by atoms with van der Waals surface area (Å²) in [6.07, 6.45) is 0.148. The van der Waals surface area contributed by atoms with Crippen molar-refractivity contribution >= 4 is 29.3 Å². The van der Waals surface area contributed by atoms with Gasteiger partial charge in [-0.25, -0.2) is 0 Å². The van der Waals surface area contributed by atoms with E-state index < -0.39 is 6.04 Å². The average Bonchev–Trinajstić information content (AvgIpc) is 2.72. The lowest BCUT2D eigenvalue weighted by molar-refractivity contribution is -0.137. The molecule has 0 aromatic heterocycles. The maximum absolute atomic E-state index is 11.8. The van der Waals surface area contributed by atoms with Crippen molar-refractivity contribution in [2.24, 2.45) is 10.9 Å². The zero-order valence-electron chi connectivity index (χ0n) is 11.3. The van der Waals surface area contributed by atoms with Gasteiger partial charge in [0.15, 0.2) is 5.84 Å². The van der Waals surface area contributed by atoms with Gasteiger partial charge in [-0.15, -0.1) is 0 Å². The highest BCUT2D eigenvalue weighted by Gasteiger charge is 2.35. The van der Waals surface area contributed by atoms with E-state index in [-0.39, 0.29) is 24.1 Å². The molecular weight excluding hydrogens is 296 g/mol. The van der Waals surface area contributed by atoms with Gasteiger partial charge in [0.25, 0.3) is 0 Å². The third kappa shape index (κ3) is 3.14. The molecular formula is C13H15ClN4O3. The molecule has 0 spiro atoms. The number of likely N-dealkylation sites (tertiary alicyclic amines) is 1. The quantitative estimate of drug-likeness (QED) is 0.243. The van der Waals surface area contributed by atoms with Gasteiger partial charge in [-0.2, -0.15) is 0 Å². The Bertz CT molecular complexity index is 617. The number of halogens is 1. The van der Waals surface area contributed by atoms with E-state index >= 15 is 0 Å². The number of amides is 2. The number of rotatable bonds is 4. The fraction of sp³-hybridized carbons (Fsp3) is 0.308. The summed E-state index contributed by atoms with van der Waals surface area (Å²) in [5.74, 6) is -0.482. The van der Waals surface area contributed by atoms with Gasteiger partial charge in [0.1, 0.15) is 0 Å². The number of oxime groups is 1. The fourth-order valence-electron chi connectivity index (χ4n) is 2.06. The molecule has 1 aromatic rings. The summed E-state index contributed by atoms with van der Waals surface area (Å²) in [6.45, 7) is 0.340. The number of hydrogen-bond donors (Lipinski definition) is 3. The van der Waals surface area contributed by atoms with E-state index in [0.29, 0.717) is 17.1 Å². The lowest BCUT2D eigenvalue weighted by atomic mass is 10.1. The van der Waals surface area contributed by atoms with Crippen LogP contribution in [0, 0.1) is 0 Å². The first-order chi connectivity index (χ1) is 9.93. The van der Waals surface area contributed by atoms with Crippen LogP contribution in [0.3, 0.4) is 0 Å². The zero-order valence-corrected chi connectivity index (χ0v) is 12.1. The Morgan fingerprint density at radius 3 is 2.81 bits per heavy atom. The largest absolute Gasteiger partial charge is 0.409 e. The normalized spacial score (nSPS) is 19.4. The smallest absolute Gasteiger partial charge is 0.246 e. The van der Waals surface area contributed by atoms with Crippen LogP contribution in [0.15, 0.2) is 23.4 Å². The lowest BCUT2D eigenvalue weighted by Gasteiger charge is -2.12. The monoisotopic (exact) mass is 310 g/mol. The van der Waals surface area contributed by atoms with E-state index in [1.165, 1.54) is 7.05 Å². The van der Waals surface area contributed by atoms with Gasteiger partial charge in [-0.3, -0.25) is 14.5 Å². The molecule has 1 aliphatic rings. The zero-order chi connectivity index (χ0) is 15.6. The van der Waals surface area contributed by atoms with Gasteiger partial charge >= 0.3 is 0 Å². The summed E-state index contributed by atoms with van der Waals surface area (Å²) < 4.78 is 0. The summed E-state index contributed by atoms with van der Waals surface area (Å²) in [6, 6.07) is 4.42. The second-order valence-electron chi connectivity index (χ2n) is 4.72. The molecule has 0 saturated carbocycles. The van der Waals surface area contributed by atoms with Crippen molar-refractivity contribution in [1.82, 2.24) is 10.2 Å². The van der Waals surface area contributed by atoms with Gasteiger partial charge in [0, 0.05) is 24.2 Å². The molecule has 0 aliphatic carbocycles. The minimum atomic E-state index is -0.526. The first-order valence-electron chi connectivity index (χ1n) is 6.24. The highest BCUT2D eigenvalue weighted by atomic mass is 35.5. The van der Waals surface area contributed by atoms with Crippen LogP contribution in [0.25, 0.3) is 0 Å². The number of amidine groups is 1. The topological polar surface area (TPSA) is 108 Å². The highest BCUT2D eigenvalue weighted by molar-refractivity contribution is 6.31. The van der Waals surface area contributed by atoms with Crippen LogP contribution in [0.2, 0.25) is 5.02 Å². The number of carbonyl (C=O) groups excluding carboxylic acids is 2. The van der Waals surface area contributed by atoms with Crippen molar-refractivity contribution < 1.29 is 14.8 Å². The minimum Gasteiger partial charge on any atom is -0.409 e. The summed E-state index contributed by atoms with van der Waals surface area (Å²) in [5, 5.41) is 14.9. The van der Waals surface area contributed by atoms with Gasteiger partial charge in [-0.05, 0) is 11.6 Å². The molecule has 1 aromatic carbocycles. The number of carbonyl (C=O) groups is 2. The Balaban J connectivity index is 2.04. The molecule has 4 N–H and O–H groups in total. The van der Waals surface area contributed by atoms with E-state index in [9.17, 15) is 9.59 Å². The number of imide groups is 1. The van der Waals surface area contributed by atoms with Crippen LogP contribution in [-0.4, -0.2) is 40.8 Å². The Hall–Kier alpha value is -2.12. The van der Waals surface area contributed by atoms with Gasteiger partial charge in [-0.1, -0.05) is 28.9 Å². The van der Waals surface area contributed by atoms with E-state index in [2.05, 4.69) is 10.5 Å². The van der Waals surface area contributed by atoms with Crippen LogP contribution in [0.5, 0.6) is 0 Å². The van der Waals surface area contributed by atoms with Crippen molar-refractivity contribution in [3.8, 4) is 0 Å². The molecule has 2 amide bonds. The molecule has 1 heterocycles. The first-order valence-corrected chi connectivity index (χ1v) is 6.62. The number of hydrogen-bond acceptors (Lipinski definition) is 5. The third-order valence-electron chi connectivity index (χ3n) is 3.38. The number of nitrogens with one attached hydrogen (secondary N) is 1. The molecule has 1 aliphatic heterocycles. The van der Waals surface area contributed by atoms with Crippen LogP contribution in [0.4, 0.5) is 0 Å². The van der Waals surface area contributed by atoms with Crippen LogP contribution in [0.1, 0.15) is 17.5 Å². The Morgan fingerprint density at radius 1 is 1.57 bits per heavy atom. The number of nitrogens with zero attached hydrogens (tertiary/aromatic N) is 2. The molecule has 1 atom stereocenters. The summed E-state index contributed by atoms with van der Waals surface area (Å²) >= 11 is 6.12. The predicted molar refractivity (Wildman–Crippen MR) is 77.0 cm³/mol. The SMILES string of the molecule is CN1C(=O)CC(NCc2ccc(/C(N)=N/O)cc2Cl)C1=O. The highest BCUT2D eigenvalue weighted by Crippen LogP contribution is 2.19. The molecule has 1 saturated heterocycles. The van der Waals surface area contributed by atoms with Crippen molar-refractivity contribution in [2.45, 2.75) is 19.0 Å². The van der Waals surface area contributed by atoms with E-state index in [4.69, 9.17) is 22.5 Å². The molecule has 21 heavy (non-hydrogen) atoms. The van der Waals surface area contributed by atoms with E-state index in [1.807, 2.05) is 0 Å². The molecule has 8 heteroatoms. The molecule has 2 rings (SSSR count). The van der Waals surface area contributed by atoms with E-state index in [1.54, 1.807) is 18.2 Å².